The van der Waals surface area contributed by atoms with Gasteiger partial charge in [0, 0.05) is 23.5 Å². The number of rotatable bonds is 5. The lowest BCUT2D eigenvalue weighted by molar-refractivity contribution is 0.378. The third-order valence-electron chi connectivity index (χ3n) is 3.22. The molecule has 0 amide bonds. The van der Waals surface area contributed by atoms with Crippen LogP contribution in [0.5, 0.6) is 0 Å². The van der Waals surface area contributed by atoms with Gasteiger partial charge in [-0.2, -0.15) is 4.98 Å². The molecule has 0 spiro atoms. The third-order valence-corrected chi connectivity index (χ3v) is 5.56. The van der Waals surface area contributed by atoms with Crippen LogP contribution in [0.1, 0.15) is 17.9 Å². The fourth-order valence-electron chi connectivity index (χ4n) is 1.99. The van der Waals surface area contributed by atoms with Crippen molar-refractivity contribution in [1.82, 2.24) is 10.1 Å². The molecule has 3 rings (SSSR count). The zero-order valence-electron chi connectivity index (χ0n) is 12.2. The summed E-state index contributed by atoms with van der Waals surface area (Å²) < 4.78 is 20.0. The number of aryl methyl sites for hydroxylation is 2. The lowest BCUT2D eigenvalue weighted by atomic mass is 10.1. The van der Waals surface area contributed by atoms with Gasteiger partial charge in [-0.1, -0.05) is 40.8 Å². The highest BCUT2D eigenvalue weighted by atomic mass is 32.2. The van der Waals surface area contributed by atoms with Crippen molar-refractivity contribution in [2.45, 2.75) is 19.8 Å². The van der Waals surface area contributed by atoms with Gasteiger partial charge in [0.1, 0.15) is 10.2 Å². The normalized spacial score (nSPS) is 14.4. The molecule has 1 aliphatic rings. The molecule has 0 fully saturated rings. The SMILES string of the molecule is Cc1ccc(-c2noc(CCCSC3=NCCS3)n2)cc1F. The molecule has 116 valence electrons. The van der Waals surface area contributed by atoms with E-state index in [0.717, 1.165) is 30.9 Å². The first-order chi connectivity index (χ1) is 10.7. The molecule has 2 heterocycles. The highest BCUT2D eigenvalue weighted by Crippen LogP contribution is 2.23. The topological polar surface area (TPSA) is 51.3 Å². The number of benzene rings is 1. The minimum atomic E-state index is -0.255. The maximum atomic E-state index is 13.6. The van der Waals surface area contributed by atoms with Crippen molar-refractivity contribution in [3.63, 3.8) is 0 Å². The molecule has 22 heavy (non-hydrogen) atoms. The number of halogens is 1. The number of aliphatic imine (C=N–C) groups is 1. The van der Waals surface area contributed by atoms with Gasteiger partial charge in [0.2, 0.25) is 11.7 Å². The van der Waals surface area contributed by atoms with Crippen molar-refractivity contribution in [3.05, 3.63) is 35.5 Å². The quantitative estimate of drug-likeness (QED) is 0.773. The first-order valence-corrected chi connectivity index (χ1v) is 9.08. The summed E-state index contributed by atoms with van der Waals surface area (Å²) in [5.41, 5.74) is 1.25. The average molecular weight is 337 g/mol. The molecule has 2 aromatic rings. The van der Waals surface area contributed by atoms with Crippen LogP contribution in [-0.4, -0.2) is 32.6 Å². The van der Waals surface area contributed by atoms with Gasteiger partial charge in [-0.25, -0.2) is 4.39 Å². The average Bonchev–Trinajstić information content (AvgIpc) is 3.18. The molecule has 4 nitrogen and oxygen atoms in total. The van der Waals surface area contributed by atoms with E-state index in [2.05, 4.69) is 15.1 Å². The van der Waals surface area contributed by atoms with Gasteiger partial charge in [0.05, 0.1) is 6.54 Å². The Morgan fingerprint density at radius 1 is 1.41 bits per heavy atom. The summed E-state index contributed by atoms with van der Waals surface area (Å²) in [5, 5.41) is 3.93. The fraction of sp³-hybridized carbons (Fsp3) is 0.400. The minimum Gasteiger partial charge on any atom is -0.339 e. The van der Waals surface area contributed by atoms with Crippen molar-refractivity contribution in [2.24, 2.45) is 4.99 Å². The number of hydrogen-bond donors (Lipinski definition) is 0. The van der Waals surface area contributed by atoms with E-state index in [-0.39, 0.29) is 5.82 Å². The Bertz CT molecular complexity index is 687. The number of thioether (sulfide) groups is 2. The predicted molar refractivity (Wildman–Crippen MR) is 90.0 cm³/mol. The van der Waals surface area contributed by atoms with Gasteiger partial charge in [-0.05, 0) is 25.0 Å². The van der Waals surface area contributed by atoms with Gasteiger partial charge in [0.15, 0.2) is 0 Å². The molecular formula is C15H16FN3OS2. The predicted octanol–water partition coefficient (Wildman–Crippen LogP) is 3.95. The first-order valence-electron chi connectivity index (χ1n) is 7.11. The van der Waals surface area contributed by atoms with Crippen LogP contribution in [0.15, 0.2) is 27.7 Å². The van der Waals surface area contributed by atoms with Crippen LogP contribution < -0.4 is 0 Å². The Hall–Kier alpha value is -1.34. The van der Waals surface area contributed by atoms with Gasteiger partial charge in [-0.15, -0.1) is 0 Å². The molecule has 1 aliphatic heterocycles. The van der Waals surface area contributed by atoms with Crippen LogP contribution in [0.25, 0.3) is 11.4 Å². The highest BCUT2D eigenvalue weighted by molar-refractivity contribution is 8.39. The molecule has 0 aliphatic carbocycles. The van der Waals surface area contributed by atoms with Crippen LogP contribution >= 0.6 is 23.5 Å². The molecule has 0 bridgehead atoms. The second-order valence-corrected chi connectivity index (χ2v) is 7.35. The molecule has 0 saturated carbocycles. The zero-order valence-corrected chi connectivity index (χ0v) is 13.8. The lowest BCUT2D eigenvalue weighted by Gasteiger charge is -1.98. The van der Waals surface area contributed by atoms with Gasteiger partial charge >= 0.3 is 0 Å². The summed E-state index contributed by atoms with van der Waals surface area (Å²) in [6.07, 6.45) is 1.68. The summed E-state index contributed by atoms with van der Waals surface area (Å²) >= 11 is 3.60. The molecule has 0 atom stereocenters. The van der Waals surface area contributed by atoms with E-state index in [1.807, 2.05) is 11.8 Å². The van der Waals surface area contributed by atoms with E-state index >= 15 is 0 Å². The van der Waals surface area contributed by atoms with E-state index in [0.29, 0.717) is 22.8 Å². The van der Waals surface area contributed by atoms with Crippen LogP contribution in [0.4, 0.5) is 4.39 Å². The monoisotopic (exact) mass is 337 g/mol. The van der Waals surface area contributed by atoms with E-state index in [1.54, 1.807) is 30.8 Å². The molecule has 1 aromatic heterocycles. The largest absolute Gasteiger partial charge is 0.339 e. The van der Waals surface area contributed by atoms with Gasteiger partial charge in [-0.3, -0.25) is 4.99 Å². The van der Waals surface area contributed by atoms with E-state index < -0.39 is 0 Å². The van der Waals surface area contributed by atoms with Crippen LogP contribution in [0.3, 0.4) is 0 Å². The smallest absolute Gasteiger partial charge is 0.226 e. The molecule has 0 radical (unpaired) electrons. The minimum absolute atomic E-state index is 0.255. The maximum absolute atomic E-state index is 13.6. The standard InChI is InChI=1S/C15H16FN3OS2/c1-10-4-5-11(9-12(10)16)14-18-13(20-19-14)3-2-7-21-15-17-6-8-22-15/h4-5,9H,2-3,6-8H2,1H3. The van der Waals surface area contributed by atoms with E-state index in [9.17, 15) is 4.39 Å². The second kappa shape index (κ2) is 7.28. The third kappa shape index (κ3) is 3.89. The summed E-state index contributed by atoms with van der Waals surface area (Å²) in [7, 11) is 0. The van der Waals surface area contributed by atoms with Crippen LogP contribution in [0.2, 0.25) is 0 Å². The summed E-state index contributed by atoms with van der Waals surface area (Å²) in [6, 6.07) is 4.96. The Morgan fingerprint density at radius 2 is 2.32 bits per heavy atom. The fourth-order valence-corrected chi connectivity index (χ4v) is 4.01. The number of nitrogens with zero attached hydrogens (tertiary/aromatic N) is 3. The van der Waals surface area contributed by atoms with Gasteiger partial charge in [0.25, 0.3) is 0 Å². The van der Waals surface area contributed by atoms with Crippen molar-refractivity contribution in [2.75, 3.05) is 18.1 Å². The Balaban J connectivity index is 1.53. The van der Waals surface area contributed by atoms with Crippen molar-refractivity contribution in [3.8, 4) is 11.4 Å². The van der Waals surface area contributed by atoms with Crippen molar-refractivity contribution < 1.29 is 8.91 Å². The molecule has 7 heteroatoms. The van der Waals surface area contributed by atoms with Crippen molar-refractivity contribution >= 4 is 27.9 Å². The summed E-state index contributed by atoms with van der Waals surface area (Å²) in [5.74, 6) is 2.87. The summed E-state index contributed by atoms with van der Waals surface area (Å²) in [6.45, 7) is 2.67. The Labute approximate surface area is 137 Å². The van der Waals surface area contributed by atoms with Crippen LogP contribution in [0, 0.1) is 12.7 Å². The zero-order chi connectivity index (χ0) is 15.4. The molecule has 0 saturated heterocycles. The Kier molecular flexibility index (Phi) is 5.15. The van der Waals surface area contributed by atoms with Crippen LogP contribution in [-0.2, 0) is 6.42 Å². The lowest BCUT2D eigenvalue weighted by Crippen LogP contribution is -1.91. The van der Waals surface area contributed by atoms with E-state index in [4.69, 9.17) is 4.52 Å². The number of aromatic nitrogens is 2. The summed E-state index contributed by atoms with van der Waals surface area (Å²) in [4.78, 5) is 8.73. The molecule has 0 N–H and O–H groups in total. The maximum Gasteiger partial charge on any atom is 0.226 e. The first kappa shape index (κ1) is 15.6. The van der Waals surface area contributed by atoms with E-state index in [1.165, 1.54) is 10.4 Å². The van der Waals surface area contributed by atoms with Gasteiger partial charge < -0.3 is 4.52 Å². The second-order valence-electron chi connectivity index (χ2n) is 4.92. The Morgan fingerprint density at radius 3 is 3.09 bits per heavy atom. The molecule has 0 unspecified atom stereocenters. The molecule has 1 aromatic carbocycles. The van der Waals surface area contributed by atoms with Crippen molar-refractivity contribution in [1.29, 1.82) is 0 Å². The number of hydrogen-bond acceptors (Lipinski definition) is 6. The molecular weight excluding hydrogens is 321 g/mol. The highest BCUT2D eigenvalue weighted by Gasteiger charge is 2.11.